The Hall–Kier alpha value is -0.720. The Kier molecular flexibility index (Phi) is 2.72. The van der Waals surface area contributed by atoms with Gasteiger partial charge in [0.1, 0.15) is 0 Å². The van der Waals surface area contributed by atoms with Crippen LogP contribution in [0.25, 0.3) is 0 Å². The average Bonchev–Trinajstić information content (AvgIpc) is 2.45. The third kappa shape index (κ3) is 2.15. The molecule has 1 aliphatic rings. The molecule has 2 bridgehead atoms. The monoisotopic (exact) mass is 177 g/mol. The van der Waals surface area contributed by atoms with Crippen molar-refractivity contribution in [2.45, 2.75) is 44.9 Å². The van der Waals surface area contributed by atoms with Crippen LogP contribution in [0.5, 0.6) is 0 Å². The minimum absolute atomic E-state index is 1.27. The molecule has 72 valence electrons. The van der Waals surface area contributed by atoms with Crippen LogP contribution in [0, 0.1) is 0 Å². The van der Waals surface area contributed by atoms with Crippen molar-refractivity contribution in [2.75, 3.05) is 0 Å². The standard InChI is InChI=1S/C12H19N/c1-13-10-11-7-5-3-2-4-6-8-12(13)9-11/h9-10H,2-8H2,1H3. The van der Waals surface area contributed by atoms with Crippen LogP contribution < -0.4 is 0 Å². The Balaban J connectivity index is 2.15. The SMILES string of the molecule is Cn1cc2cc1CCCCCCC2. The predicted molar refractivity (Wildman–Crippen MR) is 55.9 cm³/mol. The maximum absolute atomic E-state index is 2.39. The summed E-state index contributed by atoms with van der Waals surface area (Å²) in [5, 5.41) is 0. The highest BCUT2D eigenvalue weighted by molar-refractivity contribution is 5.19. The van der Waals surface area contributed by atoms with Crippen LogP contribution >= 0.6 is 0 Å². The maximum Gasteiger partial charge on any atom is 0.0174 e. The van der Waals surface area contributed by atoms with Crippen LogP contribution in [0.3, 0.4) is 0 Å². The molecular formula is C12H19N. The molecule has 1 nitrogen and oxygen atoms in total. The smallest absolute Gasteiger partial charge is 0.0174 e. The second-order valence-electron chi connectivity index (χ2n) is 4.22. The van der Waals surface area contributed by atoms with E-state index >= 15 is 0 Å². The molecule has 0 unspecified atom stereocenters. The summed E-state index contributed by atoms with van der Waals surface area (Å²) in [6.45, 7) is 0. The zero-order valence-electron chi connectivity index (χ0n) is 8.55. The Morgan fingerprint density at radius 1 is 1.00 bits per heavy atom. The molecule has 0 fully saturated rings. The first-order chi connectivity index (χ1) is 6.36. The fraction of sp³-hybridized carbons (Fsp3) is 0.667. The van der Waals surface area contributed by atoms with Crippen molar-refractivity contribution < 1.29 is 0 Å². The van der Waals surface area contributed by atoms with Crippen LogP contribution in [-0.4, -0.2) is 4.57 Å². The van der Waals surface area contributed by atoms with Crippen LogP contribution in [-0.2, 0) is 19.9 Å². The normalized spacial score (nSPS) is 18.5. The number of aromatic nitrogens is 1. The number of hydrogen-bond donors (Lipinski definition) is 0. The molecule has 0 amide bonds. The third-order valence-electron chi connectivity index (χ3n) is 3.06. The van der Waals surface area contributed by atoms with E-state index in [2.05, 4.69) is 23.9 Å². The summed E-state index contributed by atoms with van der Waals surface area (Å²) in [4.78, 5) is 0. The van der Waals surface area contributed by atoms with Crippen LogP contribution in [0.15, 0.2) is 12.3 Å². The maximum atomic E-state index is 2.39. The molecule has 1 aromatic heterocycles. The lowest BCUT2D eigenvalue weighted by Gasteiger charge is -2.04. The van der Waals surface area contributed by atoms with E-state index in [9.17, 15) is 0 Å². The van der Waals surface area contributed by atoms with E-state index in [1.54, 1.807) is 5.56 Å². The molecule has 2 rings (SSSR count). The summed E-state index contributed by atoms with van der Waals surface area (Å²) in [7, 11) is 2.18. The zero-order valence-corrected chi connectivity index (χ0v) is 8.55. The summed E-state index contributed by atoms with van der Waals surface area (Å²) < 4.78 is 2.31. The van der Waals surface area contributed by atoms with Crippen molar-refractivity contribution in [2.24, 2.45) is 7.05 Å². The van der Waals surface area contributed by atoms with E-state index in [1.165, 1.54) is 50.6 Å². The van der Waals surface area contributed by atoms with Crippen molar-refractivity contribution >= 4 is 0 Å². The van der Waals surface area contributed by atoms with Crippen molar-refractivity contribution in [1.82, 2.24) is 4.57 Å². The molecule has 0 aliphatic heterocycles. The van der Waals surface area contributed by atoms with Gasteiger partial charge in [-0.2, -0.15) is 0 Å². The van der Waals surface area contributed by atoms with E-state index < -0.39 is 0 Å². The quantitative estimate of drug-likeness (QED) is 0.574. The molecule has 0 atom stereocenters. The minimum atomic E-state index is 1.27. The van der Waals surface area contributed by atoms with Gasteiger partial charge in [0.05, 0.1) is 0 Å². The molecule has 0 aromatic carbocycles. The van der Waals surface area contributed by atoms with E-state index in [-0.39, 0.29) is 0 Å². The molecule has 0 saturated heterocycles. The first-order valence-corrected chi connectivity index (χ1v) is 5.50. The largest absolute Gasteiger partial charge is 0.354 e. The molecule has 1 aliphatic carbocycles. The number of aryl methyl sites for hydroxylation is 3. The van der Waals surface area contributed by atoms with E-state index in [0.29, 0.717) is 0 Å². The summed E-state index contributed by atoms with van der Waals surface area (Å²) in [6, 6.07) is 2.39. The van der Waals surface area contributed by atoms with E-state index in [0.717, 1.165) is 0 Å². The molecule has 0 N–H and O–H groups in total. The van der Waals surface area contributed by atoms with Gasteiger partial charge < -0.3 is 4.57 Å². The number of rotatable bonds is 0. The Labute approximate surface area is 80.8 Å². The molecule has 1 heterocycles. The topological polar surface area (TPSA) is 4.93 Å². The first-order valence-electron chi connectivity index (χ1n) is 5.50. The number of hydrogen-bond acceptors (Lipinski definition) is 0. The zero-order chi connectivity index (χ0) is 9.10. The second-order valence-corrected chi connectivity index (χ2v) is 4.22. The van der Waals surface area contributed by atoms with Gasteiger partial charge in [-0.15, -0.1) is 0 Å². The van der Waals surface area contributed by atoms with Crippen LogP contribution in [0.1, 0.15) is 43.4 Å². The minimum Gasteiger partial charge on any atom is -0.354 e. The molecule has 0 saturated carbocycles. The summed E-state index contributed by atoms with van der Waals surface area (Å²) >= 11 is 0. The summed E-state index contributed by atoms with van der Waals surface area (Å²) in [5.41, 5.74) is 3.07. The average molecular weight is 177 g/mol. The lowest BCUT2D eigenvalue weighted by Crippen LogP contribution is -1.94. The predicted octanol–water partition coefficient (Wildman–Crippen LogP) is 3.07. The fourth-order valence-corrected chi connectivity index (χ4v) is 2.24. The molecule has 1 heteroatoms. The highest BCUT2D eigenvalue weighted by atomic mass is 14.9. The highest BCUT2D eigenvalue weighted by Gasteiger charge is 2.05. The molecule has 0 spiro atoms. The first kappa shape index (κ1) is 8.86. The Morgan fingerprint density at radius 2 is 1.69 bits per heavy atom. The summed E-state index contributed by atoms with van der Waals surface area (Å²) in [5.74, 6) is 0. The Morgan fingerprint density at radius 3 is 2.54 bits per heavy atom. The van der Waals surface area contributed by atoms with Crippen LogP contribution in [0.2, 0.25) is 0 Å². The summed E-state index contributed by atoms with van der Waals surface area (Å²) in [6.07, 6.45) is 11.9. The highest BCUT2D eigenvalue weighted by Crippen LogP contribution is 2.17. The molecule has 13 heavy (non-hydrogen) atoms. The van der Waals surface area contributed by atoms with Gasteiger partial charge >= 0.3 is 0 Å². The molecule has 0 radical (unpaired) electrons. The van der Waals surface area contributed by atoms with E-state index in [1.807, 2.05) is 0 Å². The van der Waals surface area contributed by atoms with Gasteiger partial charge in [-0.1, -0.05) is 19.3 Å². The van der Waals surface area contributed by atoms with Crippen molar-refractivity contribution in [3.63, 3.8) is 0 Å². The van der Waals surface area contributed by atoms with Gasteiger partial charge in [0.25, 0.3) is 0 Å². The molecule has 1 aromatic rings. The third-order valence-corrected chi connectivity index (χ3v) is 3.06. The lowest BCUT2D eigenvalue weighted by atomic mass is 10.0. The van der Waals surface area contributed by atoms with Crippen LogP contribution in [0.4, 0.5) is 0 Å². The van der Waals surface area contributed by atoms with Crippen molar-refractivity contribution in [1.29, 1.82) is 0 Å². The van der Waals surface area contributed by atoms with E-state index in [4.69, 9.17) is 0 Å². The lowest BCUT2D eigenvalue weighted by molar-refractivity contribution is 0.605. The number of fused-ring (bicyclic) bond motifs is 2. The molecular weight excluding hydrogens is 158 g/mol. The van der Waals surface area contributed by atoms with Gasteiger partial charge in [0.15, 0.2) is 0 Å². The van der Waals surface area contributed by atoms with Gasteiger partial charge in [0.2, 0.25) is 0 Å². The fourth-order valence-electron chi connectivity index (χ4n) is 2.24. The number of nitrogens with zero attached hydrogens (tertiary/aromatic N) is 1. The van der Waals surface area contributed by atoms with Gasteiger partial charge in [-0.3, -0.25) is 0 Å². The second kappa shape index (κ2) is 3.99. The van der Waals surface area contributed by atoms with Gasteiger partial charge in [0, 0.05) is 18.9 Å². The van der Waals surface area contributed by atoms with Crippen molar-refractivity contribution in [3.8, 4) is 0 Å². The Bertz CT molecular complexity index is 273. The van der Waals surface area contributed by atoms with Gasteiger partial charge in [-0.25, -0.2) is 0 Å². The van der Waals surface area contributed by atoms with Crippen molar-refractivity contribution in [3.05, 3.63) is 23.5 Å². The van der Waals surface area contributed by atoms with Gasteiger partial charge in [-0.05, 0) is 37.3 Å².